The van der Waals surface area contributed by atoms with E-state index in [-0.39, 0.29) is 11.1 Å². The molecule has 4 nitrogen and oxygen atoms in total. The van der Waals surface area contributed by atoms with Crippen molar-refractivity contribution in [3.8, 4) is 0 Å². The molecule has 1 unspecified atom stereocenters. The lowest BCUT2D eigenvalue weighted by molar-refractivity contribution is -0.0209. The smallest absolute Gasteiger partial charge is 0.166 e. The lowest BCUT2D eigenvalue weighted by Crippen LogP contribution is -2.59. The SMILES string of the molecule is CC(O)c1ccc2[nH]c(SCCN3C(C)(C)CCCC3(C)C)nc2c1. The first kappa shape index (κ1) is 18.7. The van der Waals surface area contributed by atoms with Crippen LogP contribution in [0.1, 0.15) is 65.5 Å². The molecule has 2 heterocycles. The first-order valence-electron chi connectivity index (χ1n) is 9.27. The number of hydrogen-bond acceptors (Lipinski definition) is 4. The van der Waals surface area contributed by atoms with Crippen molar-refractivity contribution in [3.05, 3.63) is 23.8 Å². The Morgan fingerprint density at radius 2 is 1.92 bits per heavy atom. The van der Waals surface area contributed by atoms with Crippen LogP contribution in [0.4, 0.5) is 0 Å². The van der Waals surface area contributed by atoms with Crippen molar-refractivity contribution in [2.75, 3.05) is 12.3 Å². The lowest BCUT2D eigenvalue weighted by atomic mass is 9.80. The van der Waals surface area contributed by atoms with E-state index in [2.05, 4.69) is 42.6 Å². The van der Waals surface area contributed by atoms with Crippen LogP contribution in [0.5, 0.6) is 0 Å². The highest BCUT2D eigenvalue weighted by Crippen LogP contribution is 2.38. The number of nitrogens with one attached hydrogen (secondary N) is 1. The Bertz CT molecular complexity index is 720. The summed E-state index contributed by atoms with van der Waals surface area (Å²) in [6.45, 7) is 12.3. The highest BCUT2D eigenvalue weighted by molar-refractivity contribution is 7.99. The van der Waals surface area contributed by atoms with E-state index in [1.807, 2.05) is 18.2 Å². The van der Waals surface area contributed by atoms with Gasteiger partial charge in [0.25, 0.3) is 0 Å². The zero-order valence-corrected chi connectivity index (χ0v) is 16.9. The molecule has 0 saturated carbocycles. The van der Waals surface area contributed by atoms with Crippen LogP contribution in [0.15, 0.2) is 23.4 Å². The summed E-state index contributed by atoms with van der Waals surface area (Å²) in [5.74, 6) is 1.02. The molecule has 5 heteroatoms. The summed E-state index contributed by atoms with van der Waals surface area (Å²) < 4.78 is 0. The van der Waals surface area contributed by atoms with E-state index in [1.165, 1.54) is 19.3 Å². The third-order valence-corrected chi connectivity index (χ3v) is 6.41. The first-order chi connectivity index (χ1) is 11.7. The Labute approximate surface area is 155 Å². The number of rotatable bonds is 5. The van der Waals surface area contributed by atoms with Gasteiger partial charge in [-0.3, -0.25) is 4.90 Å². The van der Waals surface area contributed by atoms with Crippen LogP contribution in [-0.2, 0) is 0 Å². The molecule has 1 aromatic heterocycles. The Morgan fingerprint density at radius 3 is 2.56 bits per heavy atom. The largest absolute Gasteiger partial charge is 0.389 e. The number of thioether (sulfide) groups is 1. The van der Waals surface area contributed by atoms with Gasteiger partial charge in [0.2, 0.25) is 0 Å². The molecule has 1 atom stereocenters. The number of fused-ring (bicyclic) bond motifs is 1. The Kier molecular flexibility index (Phi) is 5.20. The fraction of sp³-hybridized carbons (Fsp3) is 0.650. The maximum atomic E-state index is 9.73. The number of aromatic nitrogens is 2. The number of aromatic amines is 1. The summed E-state index contributed by atoms with van der Waals surface area (Å²) in [5.41, 5.74) is 3.41. The Balaban J connectivity index is 1.66. The molecule has 0 bridgehead atoms. The molecule has 0 aliphatic carbocycles. The van der Waals surface area contributed by atoms with Gasteiger partial charge in [-0.1, -0.05) is 17.8 Å². The minimum atomic E-state index is -0.458. The number of H-pyrrole nitrogens is 1. The van der Waals surface area contributed by atoms with E-state index in [1.54, 1.807) is 18.7 Å². The second-order valence-corrected chi connectivity index (χ2v) is 9.56. The van der Waals surface area contributed by atoms with Crippen LogP contribution in [0, 0.1) is 0 Å². The van der Waals surface area contributed by atoms with Crippen molar-refractivity contribution in [2.24, 2.45) is 0 Å². The molecule has 3 rings (SSSR count). The van der Waals surface area contributed by atoms with Crippen LogP contribution in [0.2, 0.25) is 0 Å². The van der Waals surface area contributed by atoms with Crippen molar-refractivity contribution >= 4 is 22.8 Å². The third kappa shape index (κ3) is 4.04. The molecule has 1 saturated heterocycles. The zero-order valence-electron chi connectivity index (χ0n) is 16.1. The Hall–Kier alpha value is -1.04. The second kappa shape index (κ2) is 6.93. The number of hydrogen-bond donors (Lipinski definition) is 2. The molecule has 1 aromatic carbocycles. The molecular formula is C20H31N3OS. The van der Waals surface area contributed by atoms with Gasteiger partial charge in [-0.15, -0.1) is 0 Å². The topological polar surface area (TPSA) is 52.1 Å². The summed E-state index contributed by atoms with van der Waals surface area (Å²) in [6, 6.07) is 5.93. The van der Waals surface area contributed by atoms with Crippen molar-refractivity contribution in [1.82, 2.24) is 14.9 Å². The molecule has 1 aliphatic rings. The number of aliphatic hydroxyl groups is 1. The minimum Gasteiger partial charge on any atom is -0.389 e. The molecule has 0 spiro atoms. The normalized spacial score (nSPS) is 21.5. The number of benzene rings is 1. The van der Waals surface area contributed by atoms with Crippen LogP contribution >= 0.6 is 11.8 Å². The van der Waals surface area contributed by atoms with Crippen LogP contribution in [-0.4, -0.2) is 43.3 Å². The Morgan fingerprint density at radius 1 is 1.24 bits per heavy atom. The van der Waals surface area contributed by atoms with E-state index >= 15 is 0 Å². The minimum absolute atomic E-state index is 0.266. The van der Waals surface area contributed by atoms with Gasteiger partial charge in [-0.25, -0.2) is 4.98 Å². The third-order valence-electron chi connectivity index (χ3n) is 5.56. The van der Waals surface area contributed by atoms with Crippen LogP contribution in [0.25, 0.3) is 11.0 Å². The predicted octanol–water partition coefficient (Wildman–Crippen LogP) is 4.75. The van der Waals surface area contributed by atoms with Gasteiger partial charge in [0.1, 0.15) is 0 Å². The maximum Gasteiger partial charge on any atom is 0.166 e. The molecule has 25 heavy (non-hydrogen) atoms. The molecule has 0 amide bonds. The van der Waals surface area contributed by atoms with Crippen molar-refractivity contribution in [3.63, 3.8) is 0 Å². The van der Waals surface area contributed by atoms with Crippen molar-refractivity contribution in [1.29, 1.82) is 0 Å². The van der Waals surface area contributed by atoms with Gasteiger partial charge in [0.05, 0.1) is 17.1 Å². The summed E-state index contributed by atoms with van der Waals surface area (Å²) in [5, 5.41) is 10.7. The average Bonchev–Trinajstić information content (AvgIpc) is 2.91. The number of imidazole rings is 1. The standard InChI is InChI=1S/C20H31N3OS/c1-14(24)15-7-8-16-17(13-15)22-18(21-16)25-12-11-23-19(2,3)9-6-10-20(23,4)5/h7-8,13-14,24H,6,9-12H2,1-5H3,(H,21,22). The average molecular weight is 362 g/mol. The molecule has 1 aliphatic heterocycles. The zero-order chi connectivity index (χ0) is 18.2. The maximum absolute atomic E-state index is 9.73. The van der Waals surface area contributed by atoms with E-state index in [9.17, 15) is 5.11 Å². The fourth-order valence-corrected chi connectivity index (χ4v) is 5.02. The molecular weight excluding hydrogens is 330 g/mol. The highest BCUT2D eigenvalue weighted by atomic mass is 32.2. The van der Waals surface area contributed by atoms with Gasteiger partial charge < -0.3 is 10.1 Å². The molecule has 0 radical (unpaired) electrons. The van der Waals surface area contributed by atoms with Gasteiger partial charge in [-0.05, 0) is 71.6 Å². The number of aliphatic hydroxyl groups excluding tert-OH is 1. The van der Waals surface area contributed by atoms with Crippen LogP contribution < -0.4 is 0 Å². The number of likely N-dealkylation sites (tertiary alicyclic amines) is 1. The number of nitrogens with zero attached hydrogens (tertiary/aromatic N) is 2. The summed E-state index contributed by atoms with van der Waals surface area (Å²) in [6.07, 6.45) is 3.40. The van der Waals surface area contributed by atoms with Crippen molar-refractivity contribution in [2.45, 2.75) is 76.2 Å². The number of piperidine rings is 1. The summed E-state index contributed by atoms with van der Waals surface area (Å²) in [7, 11) is 0. The van der Waals surface area contributed by atoms with E-state index in [0.29, 0.717) is 0 Å². The monoisotopic (exact) mass is 361 g/mol. The molecule has 2 aromatic rings. The molecule has 1 fully saturated rings. The second-order valence-electron chi connectivity index (χ2n) is 8.47. The fourth-order valence-electron chi connectivity index (χ4n) is 4.21. The van der Waals surface area contributed by atoms with Gasteiger partial charge in [0.15, 0.2) is 5.16 Å². The van der Waals surface area contributed by atoms with Crippen molar-refractivity contribution < 1.29 is 5.11 Å². The molecule has 138 valence electrons. The quantitative estimate of drug-likeness (QED) is 0.755. The first-order valence-corrected chi connectivity index (χ1v) is 10.3. The molecule has 2 N–H and O–H groups in total. The van der Waals surface area contributed by atoms with Gasteiger partial charge in [-0.2, -0.15) is 0 Å². The highest BCUT2D eigenvalue weighted by Gasteiger charge is 2.40. The van der Waals surface area contributed by atoms with E-state index in [4.69, 9.17) is 0 Å². The predicted molar refractivity (Wildman–Crippen MR) is 106 cm³/mol. The van der Waals surface area contributed by atoms with Gasteiger partial charge >= 0.3 is 0 Å². The lowest BCUT2D eigenvalue weighted by Gasteiger charge is -2.53. The summed E-state index contributed by atoms with van der Waals surface area (Å²) in [4.78, 5) is 10.8. The van der Waals surface area contributed by atoms with Gasteiger partial charge in [0, 0.05) is 23.4 Å². The van der Waals surface area contributed by atoms with E-state index in [0.717, 1.165) is 34.1 Å². The van der Waals surface area contributed by atoms with E-state index < -0.39 is 6.10 Å². The summed E-state index contributed by atoms with van der Waals surface area (Å²) >= 11 is 1.78. The van der Waals surface area contributed by atoms with Crippen LogP contribution in [0.3, 0.4) is 0 Å².